The van der Waals surface area contributed by atoms with Gasteiger partial charge in [-0.3, -0.25) is 0 Å². The lowest BCUT2D eigenvalue weighted by atomic mass is 10.0. The minimum atomic E-state index is 0.387. The fourth-order valence-electron chi connectivity index (χ4n) is 2.59. The number of rotatable bonds is 3. The van der Waals surface area contributed by atoms with Crippen molar-refractivity contribution in [3.05, 3.63) is 42.5 Å². The summed E-state index contributed by atoms with van der Waals surface area (Å²) >= 11 is 0. The highest BCUT2D eigenvalue weighted by Gasteiger charge is 2.23. The van der Waals surface area contributed by atoms with Crippen LogP contribution in [0.3, 0.4) is 0 Å². The van der Waals surface area contributed by atoms with Crippen LogP contribution in [0.2, 0.25) is 0 Å². The summed E-state index contributed by atoms with van der Waals surface area (Å²) in [6.07, 6.45) is 1.56. The molecular formula is C16H19NO. The molecule has 3 rings (SSSR count). The fourth-order valence-corrected chi connectivity index (χ4v) is 2.59. The first-order chi connectivity index (χ1) is 8.83. The Morgan fingerprint density at radius 1 is 1.17 bits per heavy atom. The summed E-state index contributed by atoms with van der Waals surface area (Å²) in [4.78, 5) is 0. The van der Waals surface area contributed by atoms with Crippen LogP contribution in [0.1, 0.15) is 13.3 Å². The number of hydrogen-bond donors (Lipinski definition) is 1. The van der Waals surface area contributed by atoms with Gasteiger partial charge < -0.3 is 10.1 Å². The minimum absolute atomic E-state index is 0.387. The van der Waals surface area contributed by atoms with Crippen molar-refractivity contribution in [1.82, 2.24) is 0 Å². The third-order valence-corrected chi connectivity index (χ3v) is 3.85. The summed E-state index contributed by atoms with van der Waals surface area (Å²) < 4.78 is 5.58. The van der Waals surface area contributed by atoms with E-state index in [9.17, 15) is 0 Å². The lowest BCUT2D eigenvalue weighted by Crippen LogP contribution is -2.20. The van der Waals surface area contributed by atoms with Gasteiger partial charge in [0.15, 0.2) is 0 Å². The Morgan fingerprint density at radius 3 is 2.78 bits per heavy atom. The van der Waals surface area contributed by atoms with Crippen LogP contribution in [-0.2, 0) is 4.74 Å². The van der Waals surface area contributed by atoms with Gasteiger partial charge in [0.05, 0.1) is 6.10 Å². The molecule has 1 aliphatic rings. The molecule has 0 saturated carbocycles. The van der Waals surface area contributed by atoms with Crippen molar-refractivity contribution < 1.29 is 4.74 Å². The van der Waals surface area contributed by atoms with Gasteiger partial charge in [-0.2, -0.15) is 0 Å². The Kier molecular flexibility index (Phi) is 3.20. The quantitative estimate of drug-likeness (QED) is 0.885. The first kappa shape index (κ1) is 11.5. The molecule has 2 aromatic carbocycles. The first-order valence-electron chi connectivity index (χ1n) is 6.67. The third-order valence-electron chi connectivity index (χ3n) is 3.85. The number of hydrogen-bond acceptors (Lipinski definition) is 2. The van der Waals surface area contributed by atoms with Gasteiger partial charge in [0.2, 0.25) is 0 Å². The second-order valence-corrected chi connectivity index (χ2v) is 5.07. The third kappa shape index (κ3) is 2.34. The average Bonchev–Trinajstić information content (AvgIpc) is 2.82. The number of fused-ring (bicyclic) bond motifs is 1. The van der Waals surface area contributed by atoms with Crippen molar-refractivity contribution in [2.24, 2.45) is 5.92 Å². The van der Waals surface area contributed by atoms with Crippen molar-refractivity contribution in [2.45, 2.75) is 19.4 Å². The van der Waals surface area contributed by atoms with Crippen molar-refractivity contribution in [3.63, 3.8) is 0 Å². The summed E-state index contributed by atoms with van der Waals surface area (Å²) in [5.41, 5.74) is 1.20. The Labute approximate surface area is 108 Å². The molecule has 0 spiro atoms. The summed E-state index contributed by atoms with van der Waals surface area (Å²) in [5, 5.41) is 6.11. The van der Waals surface area contributed by atoms with Gasteiger partial charge in [-0.05, 0) is 36.2 Å². The SMILES string of the molecule is CC1OCCC1CNc1ccc2ccccc2c1. The maximum Gasteiger partial charge on any atom is 0.0592 e. The van der Waals surface area contributed by atoms with E-state index >= 15 is 0 Å². The van der Waals surface area contributed by atoms with Gasteiger partial charge >= 0.3 is 0 Å². The lowest BCUT2D eigenvalue weighted by molar-refractivity contribution is 0.108. The highest BCUT2D eigenvalue weighted by molar-refractivity contribution is 5.85. The molecule has 2 nitrogen and oxygen atoms in total. The zero-order valence-electron chi connectivity index (χ0n) is 10.7. The van der Waals surface area contributed by atoms with Crippen LogP contribution in [0, 0.1) is 5.92 Å². The second kappa shape index (κ2) is 4.99. The topological polar surface area (TPSA) is 21.3 Å². The molecular weight excluding hydrogens is 222 g/mol. The van der Waals surface area contributed by atoms with Crippen molar-refractivity contribution in [1.29, 1.82) is 0 Å². The molecule has 1 N–H and O–H groups in total. The predicted octanol–water partition coefficient (Wildman–Crippen LogP) is 3.68. The maximum atomic E-state index is 5.58. The van der Waals surface area contributed by atoms with E-state index in [0.717, 1.165) is 13.2 Å². The van der Waals surface area contributed by atoms with E-state index < -0.39 is 0 Å². The van der Waals surface area contributed by atoms with Crippen LogP contribution in [-0.4, -0.2) is 19.3 Å². The smallest absolute Gasteiger partial charge is 0.0592 e. The van der Waals surface area contributed by atoms with Crippen LogP contribution in [0.25, 0.3) is 10.8 Å². The molecule has 0 aliphatic carbocycles. The molecule has 94 valence electrons. The van der Waals surface area contributed by atoms with E-state index in [0.29, 0.717) is 12.0 Å². The van der Waals surface area contributed by atoms with Crippen LogP contribution in [0.15, 0.2) is 42.5 Å². The van der Waals surface area contributed by atoms with Gasteiger partial charge in [-0.15, -0.1) is 0 Å². The van der Waals surface area contributed by atoms with E-state index in [1.807, 2.05) is 0 Å². The van der Waals surface area contributed by atoms with E-state index in [1.165, 1.54) is 22.9 Å². The molecule has 2 aromatic rings. The van der Waals surface area contributed by atoms with Crippen molar-refractivity contribution in [2.75, 3.05) is 18.5 Å². The second-order valence-electron chi connectivity index (χ2n) is 5.07. The van der Waals surface area contributed by atoms with E-state index in [1.54, 1.807) is 0 Å². The number of benzene rings is 2. The normalized spacial score (nSPS) is 23.4. The van der Waals surface area contributed by atoms with Crippen LogP contribution in [0.5, 0.6) is 0 Å². The number of nitrogens with one attached hydrogen (secondary N) is 1. The summed E-state index contributed by atoms with van der Waals surface area (Å²) in [7, 11) is 0. The van der Waals surface area contributed by atoms with Crippen molar-refractivity contribution in [3.8, 4) is 0 Å². The monoisotopic (exact) mass is 241 g/mol. The zero-order valence-corrected chi connectivity index (χ0v) is 10.7. The Hall–Kier alpha value is -1.54. The standard InChI is InChI=1S/C16H19NO/c1-12-15(8-9-18-12)11-17-16-7-6-13-4-2-3-5-14(13)10-16/h2-7,10,12,15,17H,8-9,11H2,1H3. The molecule has 0 amide bonds. The first-order valence-corrected chi connectivity index (χ1v) is 6.67. The molecule has 0 bridgehead atoms. The number of anilines is 1. The van der Waals surface area contributed by atoms with E-state index in [2.05, 4.69) is 54.7 Å². The van der Waals surface area contributed by atoms with Gasteiger partial charge in [-0.25, -0.2) is 0 Å². The van der Waals surface area contributed by atoms with Crippen molar-refractivity contribution >= 4 is 16.5 Å². The molecule has 1 saturated heterocycles. The number of ether oxygens (including phenoxy) is 1. The fraction of sp³-hybridized carbons (Fsp3) is 0.375. The summed E-state index contributed by atoms with van der Waals surface area (Å²) in [6, 6.07) is 15.0. The minimum Gasteiger partial charge on any atom is -0.385 e. The average molecular weight is 241 g/mol. The van der Waals surface area contributed by atoms with E-state index in [4.69, 9.17) is 4.74 Å². The van der Waals surface area contributed by atoms with Gasteiger partial charge in [0.1, 0.15) is 0 Å². The Balaban J connectivity index is 1.71. The van der Waals surface area contributed by atoms with Gasteiger partial charge in [-0.1, -0.05) is 30.3 Å². The van der Waals surface area contributed by atoms with E-state index in [-0.39, 0.29) is 0 Å². The zero-order chi connectivity index (χ0) is 12.4. The molecule has 2 heteroatoms. The Morgan fingerprint density at radius 2 is 2.00 bits per heavy atom. The van der Waals surface area contributed by atoms with Crippen LogP contribution < -0.4 is 5.32 Å². The lowest BCUT2D eigenvalue weighted by Gasteiger charge is -2.15. The largest absolute Gasteiger partial charge is 0.385 e. The van der Waals surface area contributed by atoms with Gasteiger partial charge in [0, 0.05) is 24.8 Å². The predicted molar refractivity (Wildman–Crippen MR) is 76.0 cm³/mol. The van der Waals surface area contributed by atoms with Gasteiger partial charge in [0.25, 0.3) is 0 Å². The summed E-state index contributed by atoms with van der Waals surface area (Å²) in [5.74, 6) is 0.636. The molecule has 2 atom stereocenters. The molecule has 0 radical (unpaired) electrons. The van der Waals surface area contributed by atoms with Crippen LogP contribution >= 0.6 is 0 Å². The molecule has 2 unspecified atom stereocenters. The molecule has 1 aliphatic heterocycles. The Bertz CT molecular complexity index is 537. The highest BCUT2D eigenvalue weighted by atomic mass is 16.5. The molecule has 1 fully saturated rings. The molecule has 18 heavy (non-hydrogen) atoms. The molecule has 0 aromatic heterocycles. The van der Waals surface area contributed by atoms with Crippen LogP contribution in [0.4, 0.5) is 5.69 Å². The maximum absolute atomic E-state index is 5.58. The molecule has 1 heterocycles. The summed E-state index contributed by atoms with van der Waals surface area (Å²) in [6.45, 7) is 4.07. The highest BCUT2D eigenvalue weighted by Crippen LogP contribution is 2.23.